The molecular weight excluding hydrogens is 444 g/mol. The van der Waals surface area contributed by atoms with Gasteiger partial charge in [0.15, 0.2) is 0 Å². The number of amides is 2. The summed E-state index contributed by atoms with van der Waals surface area (Å²) < 4.78 is 5.60. The van der Waals surface area contributed by atoms with Crippen LogP contribution < -0.4 is 10.6 Å². The minimum atomic E-state index is -1.23. The van der Waals surface area contributed by atoms with Gasteiger partial charge in [0.2, 0.25) is 5.91 Å². The molecule has 0 heterocycles. The third-order valence-electron chi connectivity index (χ3n) is 7.30. The Hall–Kier alpha value is -3.35. The quantitative estimate of drug-likeness (QED) is 0.528. The molecule has 0 bridgehead atoms. The van der Waals surface area contributed by atoms with Crippen molar-refractivity contribution in [2.24, 2.45) is 5.92 Å². The molecule has 0 atom stereocenters. The highest BCUT2D eigenvalue weighted by molar-refractivity contribution is 5.88. The van der Waals surface area contributed by atoms with Gasteiger partial charge in [0.05, 0.1) is 0 Å². The van der Waals surface area contributed by atoms with Gasteiger partial charge in [0, 0.05) is 17.9 Å². The normalized spacial score (nSPS) is 21.5. The number of hydrogen-bond donors (Lipinski definition) is 3. The van der Waals surface area contributed by atoms with Crippen molar-refractivity contribution in [3.63, 3.8) is 0 Å². The molecule has 0 spiro atoms. The van der Waals surface area contributed by atoms with E-state index in [-0.39, 0.29) is 18.9 Å². The van der Waals surface area contributed by atoms with Crippen LogP contribution in [0.2, 0.25) is 0 Å². The van der Waals surface area contributed by atoms with Crippen LogP contribution in [0.1, 0.15) is 69.9 Å². The molecule has 0 aliphatic heterocycles. The van der Waals surface area contributed by atoms with Crippen molar-refractivity contribution in [2.75, 3.05) is 6.61 Å². The van der Waals surface area contributed by atoms with E-state index in [2.05, 4.69) is 41.8 Å². The van der Waals surface area contributed by atoms with Crippen molar-refractivity contribution in [1.29, 1.82) is 0 Å². The zero-order valence-corrected chi connectivity index (χ0v) is 20.6. The molecule has 186 valence electrons. The maximum absolute atomic E-state index is 12.8. The van der Waals surface area contributed by atoms with Gasteiger partial charge >= 0.3 is 12.1 Å². The minimum absolute atomic E-state index is 0.0521. The van der Waals surface area contributed by atoms with E-state index in [0.29, 0.717) is 18.8 Å². The molecule has 2 aromatic rings. The van der Waals surface area contributed by atoms with Crippen LogP contribution >= 0.6 is 0 Å². The van der Waals surface area contributed by atoms with E-state index in [0.717, 1.165) is 35.1 Å². The lowest BCUT2D eigenvalue weighted by atomic mass is 9.77. The van der Waals surface area contributed by atoms with E-state index in [1.54, 1.807) is 13.8 Å². The van der Waals surface area contributed by atoms with Crippen LogP contribution in [0.5, 0.6) is 0 Å². The first kappa shape index (κ1) is 24.8. The Morgan fingerprint density at radius 2 is 1.54 bits per heavy atom. The van der Waals surface area contributed by atoms with Crippen LogP contribution in [0.15, 0.2) is 48.5 Å². The van der Waals surface area contributed by atoms with Crippen LogP contribution in [-0.2, 0) is 14.3 Å². The summed E-state index contributed by atoms with van der Waals surface area (Å²) in [5.41, 5.74) is 2.41. The third-order valence-corrected chi connectivity index (χ3v) is 7.30. The van der Waals surface area contributed by atoms with E-state index in [4.69, 9.17) is 4.74 Å². The maximum Gasteiger partial charge on any atom is 0.407 e. The number of carboxylic acids is 1. The van der Waals surface area contributed by atoms with E-state index in [9.17, 15) is 19.5 Å². The molecule has 35 heavy (non-hydrogen) atoms. The highest BCUT2D eigenvalue weighted by Gasteiger charge is 2.43. The van der Waals surface area contributed by atoms with Gasteiger partial charge in [-0.25, -0.2) is 9.59 Å². The SMILES string of the molecule is CC1CCC(NC(=O)CC(C)(C)NC(=O)OCC2c3ccccc3-c3ccccc32)(C(=O)O)CC1. The Morgan fingerprint density at radius 3 is 2.09 bits per heavy atom. The molecule has 2 aliphatic carbocycles. The molecule has 2 amide bonds. The zero-order valence-electron chi connectivity index (χ0n) is 20.6. The van der Waals surface area contributed by atoms with Crippen LogP contribution in [0.25, 0.3) is 11.1 Å². The number of carbonyl (C=O) groups excluding carboxylic acids is 2. The van der Waals surface area contributed by atoms with Crippen molar-refractivity contribution in [3.8, 4) is 11.1 Å². The molecular formula is C28H34N2O5. The van der Waals surface area contributed by atoms with Crippen molar-refractivity contribution < 1.29 is 24.2 Å². The summed E-state index contributed by atoms with van der Waals surface area (Å²) in [4.78, 5) is 37.4. The Balaban J connectivity index is 1.34. The van der Waals surface area contributed by atoms with E-state index in [1.807, 2.05) is 24.3 Å². The highest BCUT2D eigenvalue weighted by Crippen LogP contribution is 2.44. The largest absolute Gasteiger partial charge is 0.480 e. The molecule has 0 saturated heterocycles. The number of nitrogens with one attached hydrogen (secondary N) is 2. The second-order valence-electron chi connectivity index (χ2n) is 10.6. The van der Waals surface area contributed by atoms with Gasteiger partial charge < -0.3 is 20.5 Å². The first-order valence-corrected chi connectivity index (χ1v) is 12.3. The molecule has 0 unspecified atom stereocenters. The van der Waals surface area contributed by atoms with Crippen molar-refractivity contribution in [2.45, 2.75) is 69.9 Å². The Labute approximate surface area is 206 Å². The van der Waals surface area contributed by atoms with Gasteiger partial charge in [-0.05, 0) is 67.7 Å². The number of fused-ring (bicyclic) bond motifs is 3. The highest BCUT2D eigenvalue weighted by atomic mass is 16.5. The number of hydrogen-bond acceptors (Lipinski definition) is 4. The summed E-state index contributed by atoms with van der Waals surface area (Å²) in [7, 11) is 0. The number of carboxylic acid groups (broad SMARTS) is 1. The monoisotopic (exact) mass is 478 g/mol. The lowest BCUT2D eigenvalue weighted by Crippen LogP contribution is -2.58. The fraction of sp³-hybridized carbons (Fsp3) is 0.464. The lowest BCUT2D eigenvalue weighted by Gasteiger charge is -2.37. The van der Waals surface area contributed by atoms with Crippen molar-refractivity contribution >= 4 is 18.0 Å². The smallest absolute Gasteiger partial charge is 0.407 e. The van der Waals surface area contributed by atoms with Gasteiger partial charge in [-0.2, -0.15) is 0 Å². The predicted octanol–water partition coefficient (Wildman–Crippen LogP) is 4.84. The topological polar surface area (TPSA) is 105 Å². The van der Waals surface area contributed by atoms with Crippen LogP contribution in [-0.4, -0.2) is 40.8 Å². The van der Waals surface area contributed by atoms with Gasteiger partial charge in [-0.15, -0.1) is 0 Å². The molecule has 7 nitrogen and oxygen atoms in total. The van der Waals surface area contributed by atoms with Gasteiger partial charge in [-0.1, -0.05) is 55.5 Å². The minimum Gasteiger partial charge on any atom is -0.480 e. The Kier molecular flexibility index (Phi) is 6.88. The molecule has 3 N–H and O–H groups in total. The number of alkyl carbamates (subject to hydrolysis) is 1. The Morgan fingerprint density at radius 1 is 1.00 bits per heavy atom. The number of ether oxygens (including phenoxy) is 1. The van der Waals surface area contributed by atoms with Crippen LogP contribution in [0, 0.1) is 5.92 Å². The summed E-state index contributed by atoms with van der Waals surface area (Å²) in [5.74, 6) is -0.999. The van der Waals surface area contributed by atoms with Gasteiger partial charge in [0.1, 0.15) is 12.1 Å². The first-order chi connectivity index (χ1) is 16.6. The molecule has 0 radical (unpaired) electrons. The van der Waals surface area contributed by atoms with Gasteiger partial charge in [0.25, 0.3) is 0 Å². The number of carbonyl (C=O) groups is 3. The molecule has 4 rings (SSSR count). The van der Waals surface area contributed by atoms with Crippen molar-refractivity contribution in [3.05, 3.63) is 59.7 Å². The Bertz CT molecular complexity index is 1070. The maximum atomic E-state index is 12.8. The number of rotatable bonds is 7. The standard InChI is InChI=1S/C28H34N2O5/c1-18-12-14-28(15-13-18,25(32)33)29-24(31)16-27(2,3)30-26(34)35-17-23-21-10-6-4-8-19(21)20-9-5-7-11-22(20)23/h4-11,18,23H,12-17H2,1-3H3,(H,29,31)(H,30,34)(H,32,33). The first-order valence-electron chi connectivity index (χ1n) is 12.3. The van der Waals surface area contributed by atoms with E-state index >= 15 is 0 Å². The zero-order chi connectivity index (χ0) is 25.2. The fourth-order valence-corrected chi connectivity index (χ4v) is 5.31. The molecule has 2 aliphatic rings. The number of benzene rings is 2. The number of aliphatic carboxylic acids is 1. The summed E-state index contributed by atoms with van der Waals surface area (Å²) in [6.45, 7) is 5.73. The molecule has 1 saturated carbocycles. The lowest BCUT2D eigenvalue weighted by molar-refractivity contribution is -0.150. The van der Waals surface area contributed by atoms with Gasteiger partial charge in [-0.3, -0.25) is 4.79 Å². The summed E-state index contributed by atoms with van der Waals surface area (Å²) in [6.07, 6.45) is 1.68. The fourth-order valence-electron chi connectivity index (χ4n) is 5.31. The molecule has 2 aromatic carbocycles. The van der Waals surface area contributed by atoms with Crippen LogP contribution in [0.3, 0.4) is 0 Å². The molecule has 1 fully saturated rings. The summed E-state index contributed by atoms with van der Waals surface area (Å²) in [5, 5.41) is 15.3. The van der Waals surface area contributed by atoms with E-state index < -0.39 is 29.0 Å². The predicted molar refractivity (Wildman–Crippen MR) is 133 cm³/mol. The molecule has 0 aromatic heterocycles. The van der Waals surface area contributed by atoms with Crippen LogP contribution in [0.4, 0.5) is 4.79 Å². The molecule has 7 heteroatoms. The van der Waals surface area contributed by atoms with Crippen molar-refractivity contribution in [1.82, 2.24) is 10.6 Å². The second-order valence-corrected chi connectivity index (χ2v) is 10.6. The van der Waals surface area contributed by atoms with E-state index in [1.165, 1.54) is 0 Å². The average molecular weight is 479 g/mol. The third kappa shape index (κ3) is 5.34. The average Bonchev–Trinajstić information content (AvgIpc) is 3.12. The summed E-state index contributed by atoms with van der Waals surface area (Å²) in [6, 6.07) is 16.2. The summed E-state index contributed by atoms with van der Waals surface area (Å²) >= 11 is 0. The second kappa shape index (κ2) is 9.72.